The number of carbonyl (C=O) groups is 9. The fourth-order valence-corrected chi connectivity index (χ4v) is 14.2. The van der Waals surface area contributed by atoms with Crippen molar-refractivity contribution in [1.82, 2.24) is 31.5 Å². The summed E-state index contributed by atoms with van der Waals surface area (Å²) in [4.78, 5) is 126. The first kappa shape index (κ1) is 101. The number of aliphatic hydroxyl groups excluding tert-OH is 1. The van der Waals surface area contributed by atoms with E-state index in [1.165, 1.54) is 191 Å². The number of aliphatic hydroxyl groups is 1. The van der Waals surface area contributed by atoms with Crippen molar-refractivity contribution in [1.29, 1.82) is 0 Å². The summed E-state index contributed by atoms with van der Waals surface area (Å²) < 4.78 is 11.8. The fraction of sp³-hybridized carbons (Fsp3) is 0.890. The molecule has 0 rings (SSSR count). The molecule has 0 aromatic carbocycles. The molecule has 0 heterocycles. The van der Waals surface area contributed by atoms with Gasteiger partial charge in [0.05, 0.1) is 6.61 Å². The van der Waals surface area contributed by atoms with E-state index in [2.05, 4.69) is 47.4 Å². The number of hydrogen-bond donors (Lipinski definition) is 11. The van der Waals surface area contributed by atoms with Gasteiger partial charge in [0.2, 0.25) is 35.4 Å². The summed E-state index contributed by atoms with van der Waals surface area (Å²) in [6.07, 6.45) is 48.8. The lowest BCUT2D eigenvalue weighted by molar-refractivity contribution is -0.157. The Balaban J connectivity index is 6.69. The third kappa shape index (κ3) is 57.5. The maximum atomic E-state index is 14.6. The standard InChI is InChI=1S/C82H158N10O13S/c1-5-8-11-14-17-20-23-26-29-32-35-38-41-56-74(94)87-72(66-106-65-67(105-76(96)58-43-40-37-34-31-28-25-22-19-16-13-10-7-3)64-104-75(95)57-42-39-36-33-30-27-24-21-18-15-12-9-6-2)79(99)91-71(63-93)78(98)88-68(52-44-48-59-83)77(97)89-69(53-45-49-60-84)81(101)92(4)73(55-47-51-62-86)80(100)90-70(82(102)103)54-46-50-61-85/h67-73,93H,5-66,83-86H2,1-4H3,(H,87,94)(H,88,98)(H,89,97)(H,90,100)(H,91,99)(H,102,103)/t67-,68+,69+,70+,71+,72+,73?/m1/s1. The van der Waals surface area contributed by atoms with Gasteiger partial charge in [-0.25, -0.2) is 4.79 Å². The number of carboxylic acid groups (broad SMARTS) is 1. The second-order valence-corrected chi connectivity index (χ2v) is 30.9. The molecule has 0 aromatic heterocycles. The lowest BCUT2D eigenvalue weighted by Gasteiger charge is -2.32. The highest BCUT2D eigenvalue weighted by molar-refractivity contribution is 7.99. The molecule has 0 radical (unpaired) electrons. The molecule has 1 unspecified atom stereocenters. The van der Waals surface area contributed by atoms with Gasteiger partial charge in [0.25, 0.3) is 0 Å². The molecule has 620 valence electrons. The predicted molar refractivity (Wildman–Crippen MR) is 432 cm³/mol. The Labute approximate surface area is 647 Å². The lowest BCUT2D eigenvalue weighted by atomic mass is 10.0. The number of rotatable bonds is 78. The van der Waals surface area contributed by atoms with E-state index < -0.39 is 90.4 Å². The van der Waals surface area contributed by atoms with Gasteiger partial charge in [-0.1, -0.05) is 252 Å². The Kier molecular flexibility index (Phi) is 70.0. The normalized spacial score (nSPS) is 13.4. The molecule has 15 N–H and O–H groups in total. The molecule has 0 fully saturated rings. The summed E-state index contributed by atoms with van der Waals surface area (Å²) in [7, 11) is 1.42. The Morgan fingerprint density at radius 2 is 0.689 bits per heavy atom. The quantitative estimate of drug-likeness (QED) is 0.0199. The van der Waals surface area contributed by atoms with Gasteiger partial charge in [-0.05, 0) is 122 Å². The van der Waals surface area contributed by atoms with Gasteiger partial charge in [0.15, 0.2) is 0 Å². The molecule has 6 amide bonds. The number of hydrogen-bond acceptors (Lipinski definition) is 17. The van der Waals surface area contributed by atoms with Crippen LogP contribution in [-0.2, 0) is 52.6 Å². The van der Waals surface area contributed by atoms with Gasteiger partial charge >= 0.3 is 17.9 Å². The number of esters is 2. The van der Waals surface area contributed by atoms with Crippen LogP contribution in [0.15, 0.2) is 0 Å². The van der Waals surface area contributed by atoms with E-state index in [-0.39, 0.29) is 88.0 Å². The minimum atomic E-state index is -1.62. The fourth-order valence-electron chi connectivity index (χ4n) is 13.2. The van der Waals surface area contributed by atoms with Gasteiger partial charge in [-0.3, -0.25) is 38.4 Å². The van der Waals surface area contributed by atoms with Crippen LogP contribution in [0.1, 0.15) is 367 Å². The van der Waals surface area contributed by atoms with E-state index in [0.717, 1.165) is 64.2 Å². The van der Waals surface area contributed by atoms with Crippen LogP contribution in [0.5, 0.6) is 0 Å². The highest BCUT2D eigenvalue weighted by Gasteiger charge is 2.36. The number of carbonyl (C=O) groups excluding carboxylic acids is 8. The first-order valence-corrected chi connectivity index (χ1v) is 44.0. The van der Waals surface area contributed by atoms with Crippen LogP contribution in [0.3, 0.4) is 0 Å². The third-order valence-corrected chi connectivity index (χ3v) is 21.2. The van der Waals surface area contributed by atoms with Gasteiger partial charge in [0.1, 0.15) is 49.0 Å². The first-order valence-electron chi connectivity index (χ1n) is 42.8. The monoisotopic (exact) mass is 1520 g/mol. The second kappa shape index (κ2) is 73.2. The van der Waals surface area contributed by atoms with Gasteiger partial charge in [0, 0.05) is 37.8 Å². The van der Waals surface area contributed by atoms with Gasteiger partial charge < -0.3 is 74.1 Å². The van der Waals surface area contributed by atoms with Crippen molar-refractivity contribution in [2.45, 2.75) is 410 Å². The molecule has 7 atom stereocenters. The molecule has 0 bridgehead atoms. The number of likely N-dealkylation sites (N-methyl/N-ethyl adjacent to an activating group) is 1. The Hall–Kier alpha value is -4.62. The Bertz CT molecular complexity index is 2210. The van der Waals surface area contributed by atoms with Gasteiger partial charge in [-0.2, -0.15) is 11.8 Å². The van der Waals surface area contributed by atoms with Crippen LogP contribution in [0, 0.1) is 0 Å². The maximum absolute atomic E-state index is 14.6. The van der Waals surface area contributed by atoms with Crippen molar-refractivity contribution >= 4 is 65.1 Å². The zero-order valence-corrected chi connectivity index (χ0v) is 68.2. The van der Waals surface area contributed by atoms with Crippen LogP contribution in [0.25, 0.3) is 0 Å². The molecular weight excluding hydrogens is 1370 g/mol. The Morgan fingerprint density at radius 1 is 0.358 bits per heavy atom. The predicted octanol–water partition coefficient (Wildman–Crippen LogP) is 13.5. The molecule has 24 heteroatoms. The van der Waals surface area contributed by atoms with Crippen molar-refractivity contribution in [3.8, 4) is 0 Å². The zero-order valence-electron chi connectivity index (χ0n) is 67.4. The van der Waals surface area contributed by atoms with Crippen LogP contribution in [0.2, 0.25) is 0 Å². The van der Waals surface area contributed by atoms with Crippen molar-refractivity contribution in [2.24, 2.45) is 22.9 Å². The van der Waals surface area contributed by atoms with Crippen molar-refractivity contribution in [3.63, 3.8) is 0 Å². The van der Waals surface area contributed by atoms with Crippen molar-refractivity contribution in [2.75, 3.05) is 57.9 Å². The van der Waals surface area contributed by atoms with E-state index >= 15 is 0 Å². The summed E-state index contributed by atoms with van der Waals surface area (Å²) >= 11 is 1.20. The maximum Gasteiger partial charge on any atom is 0.326 e. The second-order valence-electron chi connectivity index (χ2n) is 29.8. The molecule has 23 nitrogen and oxygen atoms in total. The molecule has 0 spiro atoms. The van der Waals surface area contributed by atoms with Crippen LogP contribution < -0.4 is 49.5 Å². The van der Waals surface area contributed by atoms with E-state index in [9.17, 15) is 53.4 Å². The average molecular weight is 1520 g/mol. The zero-order chi connectivity index (χ0) is 78.3. The van der Waals surface area contributed by atoms with E-state index in [0.29, 0.717) is 83.7 Å². The van der Waals surface area contributed by atoms with E-state index in [1.807, 2.05) is 0 Å². The topological polar surface area (TPSA) is 380 Å². The summed E-state index contributed by atoms with van der Waals surface area (Å²) in [6, 6.07) is -7.80. The lowest BCUT2D eigenvalue weighted by Crippen LogP contribution is -2.60. The van der Waals surface area contributed by atoms with Crippen LogP contribution in [0.4, 0.5) is 0 Å². The van der Waals surface area contributed by atoms with Crippen molar-refractivity contribution < 1.29 is 62.8 Å². The first-order chi connectivity index (χ1) is 51.5. The van der Waals surface area contributed by atoms with Crippen LogP contribution in [-0.4, -0.2) is 169 Å². The molecule has 0 saturated carbocycles. The van der Waals surface area contributed by atoms with E-state index in [4.69, 9.17) is 32.4 Å². The Morgan fingerprint density at radius 3 is 1.09 bits per heavy atom. The summed E-state index contributed by atoms with van der Waals surface area (Å²) in [5, 5.41) is 34.4. The SMILES string of the molecule is CCCCCCCCCCCCCCCC(=O)N[C@@H](CSC[C@@H](COC(=O)CCCCCCCCCCCCCCC)OC(=O)CCCCCCCCCCCCCCC)C(=O)N[C@@H](CO)C(=O)N[C@@H](CCCCN)C(=O)N[C@@H](CCCCN)C(=O)N(C)C(CCCCN)C(=O)N[C@@H](CCCCN)C(=O)O. The minimum absolute atomic E-state index is 0.0413. The number of unbranched alkanes of at least 4 members (excludes halogenated alkanes) is 40. The highest BCUT2D eigenvalue weighted by Crippen LogP contribution is 2.20. The smallest absolute Gasteiger partial charge is 0.326 e. The number of nitrogens with one attached hydrogen (secondary N) is 5. The minimum Gasteiger partial charge on any atom is -0.480 e. The molecule has 0 aliphatic heterocycles. The van der Waals surface area contributed by atoms with Crippen molar-refractivity contribution in [3.05, 3.63) is 0 Å². The number of nitrogens with zero attached hydrogens (tertiary/aromatic N) is 1. The van der Waals surface area contributed by atoms with E-state index in [1.54, 1.807) is 0 Å². The molecular formula is C82H158N10O13S. The number of amides is 6. The third-order valence-electron chi connectivity index (χ3n) is 20.0. The number of aliphatic carboxylic acids is 1. The molecule has 0 saturated heterocycles. The number of nitrogens with two attached hydrogens (primary N) is 4. The molecule has 0 aliphatic rings. The number of thioether (sulfide) groups is 1. The molecule has 0 aromatic rings. The molecule has 106 heavy (non-hydrogen) atoms. The largest absolute Gasteiger partial charge is 0.480 e. The average Bonchev–Trinajstić information content (AvgIpc) is 0.841. The number of carboxylic acids is 1. The highest BCUT2D eigenvalue weighted by atomic mass is 32.2. The summed E-state index contributed by atoms with van der Waals surface area (Å²) in [5.41, 5.74) is 23.2. The summed E-state index contributed by atoms with van der Waals surface area (Å²) in [6.45, 7) is 6.82. The molecule has 0 aliphatic carbocycles. The number of ether oxygens (including phenoxy) is 2. The van der Waals surface area contributed by atoms with Crippen LogP contribution >= 0.6 is 11.8 Å². The van der Waals surface area contributed by atoms with Gasteiger partial charge in [-0.15, -0.1) is 0 Å². The summed E-state index contributed by atoms with van der Waals surface area (Å²) in [5.74, 6) is -6.20.